The number of benzene rings is 1. The van der Waals surface area contributed by atoms with E-state index >= 15 is 0 Å². The SMILES string of the molecule is CCN(C(=O)[C@]12CC[C@](C)(C(=O)O1)C2(C)C)c1ccccc1. The highest BCUT2D eigenvalue weighted by Crippen LogP contribution is 2.66. The van der Waals surface area contributed by atoms with Gasteiger partial charge in [-0.2, -0.15) is 0 Å². The third kappa shape index (κ3) is 1.58. The van der Waals surface area contributed by atoms with Crippen LogP contribution in [0.15, 0.2) is 30.3 Å². The van der Waals surface area contributed by atoms with Crippen molar-refractivity contribution in [3.63, 3.8) is 0 Å². The summed E-state index contributed by atoms with van der Waals surface area (Å²) in [5.74, 6) is -0.331. The molecule has 1 aliphatic heterocycles. The molecule has 2 bridgehead atoms. The van der Waals surface area contributed by atoms with E-state index in [1.54, 1.807) is 4.90 Å². The Morgan fingerprint density at radius 1 is 1.18 bits per heavy atom. The number of carbonyl (C=O) groups is 2. The Balaban J connectivity index is 2.03. The Bertz CT molecular complexity index is 624. The summed E-state index contributed by atoms with van der Waals surface area (Å²) in [7, 11) is 0. The Morgan fingerprint density at radius 3 is 2.27 bits per heavy atom. The fraction of sp³-hybridized carbons (Fsp3) is 0.556. The first-order valence-electron chi connectivity index (χ1n) is 7.90. The molecular weight excluding hydrogens is 278 g/mol. The van der Waals surface area contributed by atoms with Gasteiger partial charge >= 0.3 is 5.97 Å². The van der Waals surface area contributed by atoms with Crippen LogP contribution in [0, 0.1) is 10.8 Å². The first kappa shape index (κ1) is 15.1. The van der Waals surface area contributed by atoms with Gasteiger partial charge in [-0.3, -0.25) is 9.59 Å². The number of nitrogens with zero attached hydrogens (tertiary/aromatic N) is 1. The van der Waals surface area contributed by atoms with Crippen LogP contribution >= 0.6 is 0 Å². The summed E-state index contributed by atoms with van der Waals surface area (Å²) >= 11 is 0. The summed E-state index contributed by atoms with van der Waals surface area (Å²) < 4.78 is 5.70. The number of hydrogen-bond donors (Lipinski definition) is 0. The number of fused-ring (bicyclic) bond motifs is 2. The van der Waals surface area contributed by atoms with Crippen LogP contribution in [0.3, 0.4) is 0 Å². The van der Waals surface area contributed by atoms with Crippen LogP contribution < -0.4 is 4.90 Å². The van der Waals surface area contributed by atoms with E-state index in [1.165, 1.54) is 0 Å². The van der Waals surface area contributed by atoms with E-state index < -0.39 is 16.4 Å². The molecule has 1 aliphatic carbocycles. The van der Waals surface area contributed by atoms with Crippen molar-refractivity contribution in [1.82, 2.24) is 0 Å². The summed E-state index contributed by atoms with van der Waals surface area (Å²) in [5, 5.41) is 0. The van der Waals surface area contributed by atoms with Gasteiger partial charge in [0.2, 0.25) is 0 Å². The lowest BCUT2D eigenvalue weighted by atomic mass is 9.66. The Morgan fingerprint density at radius 2 is 1.82 bits per heavy atom. The molecule has 1 heterocycles. The van der Waals surface area contributed by atoms with E-state index in [2.05, 4.69) is 0 Å². The highest BCUT2D eigenvalue weighted by atomic mass is 16.6. The van der Waals surface area contributed by atoms with Gasteiger partial charge in [0, 0.05) is 17.6 Å². The minimum atomic E-state index is -1.04. The standard InChI is InChI=1S/C18H23NO3/c1-5-19(13-9-7-6-8-10-13)14(20)18-12-11-17(4,15(21)22-18)16(18,2)3/h6-10H,5,11-12H2,1-4H3/t17-,18+/m1/s1. The maximum Gasteiger partial charge on any atom is 0.313 e. The third-order valence-corrected chi connectivity index (χ3v) is 6.06. The molecule has 0 radical (unpaired) electrons. The van der Waals surface area contributed by atoms with Gasteiger partial charge in [0.25, 0.3) is 5.91 Å². The minimum absolute atomic E-state index is 0.0965. The van der Waals surface area contributed by atoms with Gasteiger partial charge in [0.15, 0.2) is 5.60 Å². The number of esters is 1. The smallest absolute Gasteiger partial charge is 0.313 e. The van der Waals surface area contributed by atoms with E-state index in [-0.39, 0.29) is 11.9 Å². The second kappa shape index (κ2) is 4.58. The molecule has 2 aliphatic rings. The molecule has 0 aromatic heterocycles. The van der Waals surface area contributed by atoms with Crippen LogP contribution in [0.25, 0.3) is 0 Å². The number of amides is 1. The molecule has 2 atom stereocenters. The van der Waals surface area contributed by atoms with Gasteiger partial charge < -0.3 is 9.64 Å². The molecule has 1 aromatic rings. The van der Waals surface area contributed by atoms with Gasteiger partial charge in [-0.25, -0.2) is 0 Å². The molecular formula is C18H23NO3. The third-order valence-electron chi connectivity index (χ3n) is 6.06. The van der Waals surface area contributed by atoms with Crippen LogP contribution in [-0.4, -0.2) is 24.0 Å². The average Bonchev–Trinajstić information content (AvgIpc) is 2.79. The lowest BCUT2D eigenvalue weighted by Crippen LogP contribution is -2.55. The molecule has 2 fully saturated rings. The van der Waals surface area contributed by atoms with Gasteiger partial charge in [0.05, 0.1) is 5.41 Å². The molecule has 0 unspecified atom stereocenters. The molecule has 1 aromatic carbocycles. The van der Waals surface area contributed by atoms with Crippen LogP contribution in [0.5, 0.6) is 0 Å². The topological polar surface area (TPSA) is 46.6 Å². The lowest BCUT2D eigenvalue weighted by molar-refractivity contribution is -0.167. The second-order valence-electron chi connectivity index (χ2n) is 7.06. The summed E-state index contributed by atoms with van der Waals surface area (Å²) in [6.07, 6.45) is 1.31. The zero-order valence-electron chi connectivity index (χ0n) is 13.7. The first-order chi connectivity index (χ1) is 10.3. The summed E-state index contributed by atoms with van der Waals surface area (Å²) in [4.78, 5) is 27.4. The molecule has 4 heteroatoms. The predicted octanol–water partition coefficient (Wildman–Crippen LogP) is 3.16. The molecule has 3 rings (SSSR count). The average molecular weight is 301 g/mol. The zero-order valence-corrected chi connectivity index (χ0v) is 13.7. The van der Waals surface area contributed by atoms with E-state index in [0.717, 1.165) is 5.69 Å². The highest BCUT2D eigenvalue weighted by molar-refractivity contribution is 6.04. The number of likely N-dealkylation sites (N-methyl/N-ethyl adjacent to an activating group) is 1. The van der Waals surface area contributed by atoms with Crippen molar-refractivity contribution in [1.29, 1.82) is 0 Å². The van der Waals surface area contributed by atoms with E-state index in [1.807, 2.05) is 58.0 Å². The van der Waals surface area contributed by atoms with Gasteiger partial charge in [-0.15, -0.1) is 0 Å². The number of carbonyl (C=O) groups excluding carboxylic acids is 2. The van der Waals surface area contributed by atoms with E-state index in [4.69, 9.17) is 4.74 Å². The zero-order chi connectivity index (χ0) is 16.2. The highest BCUT2D eigenvalue weighted by Gasteiger charge is 2.76. The van der Waals surface area contributed by atoms with Gasteiger partial charge in [-0.1, -0.05) is 32.0 Å². The Kier molecular flexibility index (Phi) is 3.13. The monoisotopic (exact) mass is 301 g/mol. The van der Waals surface area contributed by atoms with Crippen molar-refractivity contribution in [3.8, 4) is 0 Å². The van der Waals surface area contributed by atoms with Crippen molar-refractivity contribution in [2.45, 2.75) is 46.1 Å². The number of ether oxygens (including phenoxy) is 1. The first-order valence-corrected chi connectivity index (χ1v) is 7.90. The normalized spacial score (nSPS) is 31.9. The van der Waals surface area contributed by atoms with Crippen molar-refractivity contribution < 1.29 is 14.3 Å². The van der Waals surface area contributed by atoms with E-state index in [0.29, 0.717) is 19.4 Å². The van der Waals surface area contributed by atoms with Crippen LogP contribution in [0.2, 0.25) is 0 Å². The van der Waals surface area contributed by atoms with Crippen LogP contribution in [0.4, 0.5) is 5.69 Å². The molecule has 0 N–H and O–H groups in total. The Labute approximate surface area is 131 Å². The molecule has 1 saturated heterocycles. The maximum atomic E-state index is 13.3. The van der Waals surface area contributed by atoms with Crippen molar-refractivity contribution in [2.75, 3.05) is 11.4 Å². The summed E-state index contributed by atoms with van der Waals surface area (Å²) in [6, 6.07) is 9.57. The number of rotatable bonds is 3. The fourth-order valence-corrected chi connectivity index (χ4v) is 3.99. The number of para-hydroxylation sites is 1. The fourth-order valence-electron chi connectivity index (χ4n) is 3.99. The predicted molar refractivity (Wildman–Crippen MR) is 84.4 cm³/mol. The summed E-state index contributed by atoms with van der Waals surface area (Å²) in [5.41, 5.74) is -1.27. The summed E-state index contributed by atoms with van der Waals surface area (Å²) in [6.45, 7) is 8.40. The maximum absolute atomic E-state index is 13.3. The van der Waals surface area contributed by atoms with Gasteiger partial charge in [-0.05, 0) is 38.8 Å². The van der Waals surface area contributed by atoms with Crippen LogP contribution in [-0.2, 0) is 14.3 Å². The van der Waals surface area contributed by atoms with Gasteiger partial charge in [0.1, 0.15) is 0 Å². The molecule has 22 heavy (non-hydrogen) atoms. The van der Waals surface area contributed by atoms with Crippen LogP contribution in [0.1, 0.15) is 40.5 Å². The number of anilines is 1. The molecule has 118 valence electrons. The second-order valence-corrected chi connectivity index (χ2v) is 7.06. The largest absolute Gasteiger partial charge is 0.448 e. The number of hydrogen-bond acceptors (Lipinski definition) is 3. The van der Waals surface area contributed by atoms with Crippen molar-refractivity contribution >= 4 is 17.6 Å². The van der Waals surface area contributed by atoms with E-state index in [9.17, 15) is 9.59 Å². The lowest BCUT2D eigenvalue weighted by Gasteiger charge is -2.38. The van der Waals surface area contributed by atoms with Crippen molar-refractivity contribution in [2.24, 2.45) is 10.8 Å². The molecule has 0 spiro atoms. The molecule has 1 amide bonds. The Hall–Kier alpha value is -1.84. The quantitative estimate of drug-likeness (QED) is 0.806. The molecule has 1 saturated carbocycles. The minimum Gasteiger partial charge on any atom is -0.448 e. The molecule has 4 nitrogen and oxygen atoms in total. The van der Waals surface area contributed by atoms with Crippen molar-refractivity contribution in [3.05, 3.63) is 30.3 Å².